The molecule has 2 unspecified atom stereocenters. The lowest BCUT2D eigenvalue weighted by Gasteiger charge is -2.29. The number of esters is 1. The first-order valence-corrected chi connectivity index (χ1v) is 9.90. The molecule has 0 radical (unpaired) electrons. The summed E-state index contributed by atoms with van der Waals surface area (Å²) in [5.41, 5.74) is 0.606. The van der Waals surface area contributed by atoms with Crippen LogP contribution in [-0.4, -0.2) is 54.3 Å². The van der Waals surface area contributed by atoms with Crippen molar-refractivity contribution in [3.8, 4) is 5.75 Å². The van der Waals surface area contributed by atoms with Gasteiger partial charge in [-0.2, -0.15) is 0 Å². The van der Waals surface area contributed by atoms with E-state index in [0.717, 1.165) is 0 Å². The van der Waals surface area contributed by atoms with Crippen molar-refractivity contribution in [3.63, 3.8) is 0 Å². The van der Waals surface area contributed by atoms with Gasteiger partial charge in [-0.25, -0.2) is 9.59 Å². The second-order valence-electron chi connectivity index (χ2n) is 7.39. The van der Waals surface area contributed by atoms with Gasteiger partial charge < -0.3 is 34.0 Å². The fourth-order valence-corrected chi connectivity index (χ4v) is 2.87. The SMILES string of the molecule is CC(=O)CCC(=O)NC1Cc2cccc(C(=O)OC(C)OC(=O)OC(C)C)c2OB1O. The number of nitrogens with one attached hydrogen (secondary N) is 1. The number of benzene rings is 1. The van der Waals surface area contributed by atoms with Crippen LogP contribution in [0.5, 0.6) is 5.75 Å². The fraction of sp³-hybridized carbons (Fsp3) is 0.500. The molecule has 1 aliphatic rings. The molecular formula is C20H26BNO9. The molecule has 10 nitrogen and oxygen atoms in total. The zero-order valence-electron chi connectivity index (χ0n) is 17.9. The summed E-state index contributed by atoms with van der Waals surface area (Å²) in [4.78, 5) is 47.0. The van der Waals surface area contributed by atoms with Crippen LogP contribution in [0.1, 0.15) is 56.5 Å². The maximum absolute atomic E-state index is 12.5. The van der Waals surface area contributed by atoms with Crippen LogP contribution in [0.2, 0.25) is 0 Å². The first kappa shape index (κ1) is 24.2. The standard InChI is InChI=1S/C20H26BNO9/c1-11(2)28-20(26)30-13(4)29-19(25)15-7-5-6-14-10-16(21(27)31-18(14)15)22-17(24)9-8-12(3)23/h5-7,11,13,16,27H,8-10H2,1-4H3,(H,22,24). The Labute approximate surface area is 180 Å². The maximum Gasteiger partial charge on any atom is 0.547 e. The average Bonchev–Trinajstić information content (AvgIpc) is 2.65. The van der Waals surface area contributed by atoms with Gasteiger partial charge in [-0.15, -0.1) is 0 Å². The molecule has 11 heteroatoms. The zero-order valence-corrected chi connectivity index (χ0v) is 17.9. The molecular weight excluding hydrogens is 409 g/mol. The Morgan fingerprint density at radius 1 is 1.16 bits per heavy atom. The first-order chi connectivity index (χ1) is 14.6. The Morgan fingerprint density at radius 3 is 2.52 bits per heavy atom. The molecule has 0 fully saturated rings. The van der Waals surface area contributed by atoms with Gasteiger partial charge in [-0.05, 0) is 38.8 Å². The van der Waals surface area contributed by atoms with E-state index < -0.39 is 31.5 Å². The van der Waals surface area contributed by atoms with E-state index in [1.807, 2.05) is 0 Å². The van der Waals surface area contributed by atoms with Gasteiger partial charge in [-0.1, -0.05) is 12.1 Å². The minimum absolute atomic E-state index is 0.00884. The fourth-order valence-electron chi connectivity index (χ4n) is 2.87. The Morgan fingerprint density at radius 2 is 1.87 bits per heavy atom. The normalized spacial score (nSPS) is 15.9. The summed E-state index contributed by atoms with van der Waals surface area (Å²) < 4.78 is 20.3. The van der Waals surface area contributed by atoms with Gasteiger partial charge in [0.25, 0.3) is 0 Å². The van der Waals surface area contributed by atoms with Crippen LogP contribution < -0.4 is 9.97 Å². The molecule has 0 saturated carbocycles. The van der Waals surface area contributed by atoms with Gasteiger partial charge in [0.1, 0.15) is 17.1 Å². The Bertz CT molecular complexity index is 842. The molecule has 0 saturated heterocycles. The monoisotopic (exact) mass is 435 g/mol. The third-order valence-electron chi connectivity index (χ3n) is 4.26. The molecule has 1 amide bonds. The number of amides is 1. The average molecular weight is 435 g/mol. The van der Waals surface area contributed by atoms with Crippen molar-refractivity contribution < 1.29 is 43.1 Å². The lowest BCUT2D eigenvalue weighted by Crippen LogP contribution is -2.53. The topological polar surface area (TPSA) is 137 Å². The number of fused-ring (bicyclic) bond motifs is 1. The Hall–Kier alpha value is -3.08. The molecule has 0 bridgehead atoms. The van der Waals surface area contributed by atoms with Crippen LogP contribution in [0.15, 0.2) is 18.2 Å². The molecule has 0 aromatic heterocycles. The predicted molar refractivity (Wildman–Crippen MR) is 108 cm³/mol. The van der Waals surface area contributed by atoms with Gasteiger partial charge >= 0.3 is 19.2 Å². The van der Waals surface area contributed by atoms with Crippen molar-refractivity contribution in [2.24, 2.45) is 0 Å². The second-order valence-corrected chi connectivity index (χ2v) is 7.39. The van der Waals surface area contributed by atoms with E-state index in [0.29, 0.717) is 5.56 Å². The van der Waals surface area contributed by atoms with Gasteiger partial charge in [0.15, 0.2) is 0 Å². The molecule has 0 aliphatic carbocycles. The van der Waals surface area contributed by atoms with Crippen molar-refractivity contribution in [2.45, 2.75) is 65.3 Å². The number of Topliss-reactive ketones (excluding diaryl/α,β-unsaturated/α-hetero) is 1. The van der Waals surface area contributed by atoms with E-state index in [1.54, 1.807) is 26.0 Å². The molecule has 1 heterocycles. The third-order valence-corrected chi connectivity index (χ3v) is 4.26. The Balaban J connectivity index is 2.03. The molecule has 2 atom stereocenters. The van der Waals surface area contributed by atoms with Gasteiger partial charge in [0, 0.05) is 19.8 Å². The summed E-state index contributed by atoms with van der Waals surface area (Å²) in [6.07, 6.45) is -2.25. The summed E-state index contributed by atoms with van der Waals surface area (Å²) in [6, 6.07) is 4.73. The van der Waals surface area contributed by atoms with Crippen molar-refractivity contribution in [3.05, 3.63) is 29.3 Å². The highest BCUT2D eigenvalue weighted by Crippen LogP contribution is 2.31. The van der Waals surface area contributed by atoms with Crippen molar-refractivity contribution in [2.75, 3.05) is 0 Å². The zero-order chi connectivity index (χ0) is 23.1. The second kappa shape index (κ2) is 10.8. The van der Waals surface area contributed by atoms with Gasteiger partial charge in [-0.3, -0.25) is 4.79 Å². The smallest absolute Gasteiger partial charge is 0.534 e. The number of carbonyl (C=O) groups is 4. The van der Waals surface area contributed by atoms with Crippen LogP contribution in [0, 0.1) is 0 Å². The summed E-state index contributed by atoms with van der Waals surface area (Å²) >= 11 is 0. The number of rotatable bonds is 8. The van der Waals surface area contributed by atoms with Crippen molar-refractivity contribution in [1.82, 2.24) is 5.32 Å². The number of ketones is 1. The van der Waals surface area contributed by atoms with Crippen LogP contribution in [0.25, 0.3) is 0 Å². The number of para-hydroxylation sites is 1. The number of hydrogen-bond donors (Lipinski definition) is 2. The minimum atomic E-state index is -1.41. The minimum Gasteiger partial charge on any atom is -0.534 e. The maximum atomic E-state index is 12.5. The van der Waals surface area contributed by atoms with Gasteiger partial charge in [0.2, 0.25) is 12.2 Å². The summed E-state index contributed by atoms with van der Waals surface area (Å²) in [7, 11) is -1.41. The summed E-state index contributed by atoms with van der Waals surface area (Å²) in [6.45, 7) is 6.05. The summed E-state index contributed by atoms with van der Waals surface area (Å²) in [5, 5.41) is 12.9. The molecule has 168 valence electrons. The highest BCUT2D eigenvalue weighted by atomic mass is 16.8. The summed E-state index contributed by atoms with van der Waals surface area (Å²) in [5.74, 6) is -1.95. The van der Waals surface area contributed by atoms with E-state index >= 15 is 0 Å². The number of hydrogen-bond acceptors (Lipinski definition) is 9. The molecule has 1 aromatic rings. The molecule has 2 N–H and O–H groups in total. The highest BCUT2D eigenvalue weighted by molar-refractivity contribution is 6.47. The van der Waals surface area contributed by atoms with Crippen LogP contribution in [0.4, 0.5) is 4.79 Å². The van der Waals surface area contributed by atoms with Crippen LogP contribution >= 0.6 is 0 Å². The predicted octanol–water partition coefficient (Wildman–Crippen LogP) is 1.56. The first-order valence-electron chi connectivity index (χ1n) is 9.90. The van der Waals surface area contributed by atoms with Crippen molar-refractivity contribution >= 4 is 30.9 Å². The van der Waals surface area contributed by atoms with E-state index in [1.165, 1.54) is 19.9 Å². The molecule has 31 heavy (non-hydrogen) atoms. The molecule has 2 rings (SSSR count). The highest BCUT2D eigenvalue weighted by Gasteiger charge is 2.38. The lowest BCUT2D eigenvalue weighted by molar-refractivity contribution is -0.124. The number of carbonyl (C=O) groups excluding carboxylic acids is 4. The van der Waals surface area contributed by atoms with Crippen LogP contribution in [-0.2, 0) is 30.2 Å². The number of ether oxygens (including phenoxy) is 3. The van der Waals surface area contributed by atoms with E-state index in [4.69, 9.17) is 18.9 Å². The quantitative estimate of drug-likeness (QED) is 0.354. The Kier molecular flexibility index (Phi) is 8.43. The molecule has 1 aromatic carbocycles. The van der Waals surface area contributed by atoms with E-state index in [9.17, 15) is 24.2 Å². The third kappa shape index (κ3) is 7.28. The largest absolute Gasteiger partial charge is 0.547 e. The van der Waals surface area contributed by atoms with Crippen molar-refractivity contribution in [1.29, 1.82) is 0 Å². The molecule has 0 spiro atoms. The molecule has 1 aliphatic heterocycles. The van der Waals surface area contributed by atoms with Crippen LogP contribution in [0.3, 0.4) is 0 Å². The van der Waals surface area contributed by atoms with Gasteiger partial charge in [0.05, 0.1) is 12.0 Å². The van der Waals surface area contributed by atoms with E-state index in [2.05, 4.69) is 5.32 Å². The lowest BCUT2D eigenvalue weighted by atomic mass is 9.72. The van der Waals surface area contributed by atoms with E-state index in [-0.39, 0.29) is 48.4 Å².